The van der Waals surface area contributed by atoms with Crippen LogP contribution in [0.2, 0.25) is 0 Å². The molecule has 0 radical (unpaired) electrons. The van der Waals surface area contributed by atoms with Crippen molar-refractivity contribution < 1.29 is 13.7 Å². The largest absolute Gasteiger partial charge is 0.331 e. The molecule has 0 saturated carbocycles. The van der Waals surface area contributed by atoms with Crippen molar-refractivity contribution in [3.8, 4) is 11.7 Å². The molecule has 0 spiro atoms. The SMILES string of the molecule is O=C(c1ccc(F)cc1)N1CCn2c(nnc2-c2ncno2)C1. The highest BCUT2D eigenvalue weighted by atomic mass is 19.1. The van der Waals surface area contributed by atoms with Gasteiger partial charge in [0, 0.05) is 18.7 Å². The van der Waals surface area contributed by atoms with E-state index in [-0.39, 0.29) is 11.7 Å². The summed E-state index contributed by atoms with van der Waals surface area (Å²) in [5.41, 5.74) is 0.441. The van der Waals surface area contributed by atoms with Gasteiger partial charge in [0.25, 0.3) is 11.8 Å². The number of halogens is 1. The van der Waals surface area contributed by atoms with E-state index in [2.05, 4.69) is 20.3 Å². The van der Waals surface area contributed by atoms with Crippen molar-refractivity contribution in [2.75, 3.05) is 6.54 Å². The van der Waals surface area contributed by atoms with Gasteiger partial charge in [-0.1, -0.05) is 5.16 Å². The van der Waals surface area contributed by atoms with Gasteiger partial charge in [-0.2, -0.15) is 4.98 Å². The highest BCUT2D eigenvalue weighted by molar-refractivity contribution is 5.94. The molecule has 1 aromatic carbocycles. The Labute approximate surface area is 129 Å². The van der Waals surface area contributed by atoms with E-state index in [9.17, 15) is 9.18 Å². The second-order valence-electron chi connectivity index (χ2n) is 5.07. The summed E-state index contributed by atoms with van der Waals surface area (Å²) in [4.78, 5) is 18.1. The molecule has 1 amide bonds. The monoisotopic (exact) mass is 314 g/mol. The zero-order chi connectivity index (χ0) is 15.8. The fraction of sp³-hybridized carbons (Fsp3) is 0.214. The van der Waals surface area contributed by atoms with E-state index in [4.69, 9.17) is 4.52 Å². The first-order valence-electron chi connectivity index (χ1n) is 6.96. The average Bonchev–Trinajstić information content (AvgIpc) is 3.23. The zero-order valence-corrected chi connectivity index (χ0v) is 11.9. The third-order valence-electron chi connectivity index (χ3n) is 3.68. The fourth-order valence-corrected chi connectivity index (χ4v) is 2.54. The molecule has 2 aromatic heterocycles. The van der Waals surface area contributed by atoms with Crippen LogP contribution in [-0.4, -0.2) is 42.3 Å². The lowest BCUT2D eigenvalue weighted by molar-refractivity contribution is 0.0708. The van der Waals surface area contributed by atoms with E-state index in [0.717, 1.165) is 0 Å². The third-order valence-corrected chi connectivity index (χ3v) is 3.68. The number of aromatic nitrogens is 5. The number of amides is 1. The van der Waals surface area contributed by atoms with Crippen LogP contribution < -0.4 is 0 Å². The summed E-state index contributed by atoms with van der Waals surface area (Å²) in [6.45, 7) is 1.33. The molecule has 3 aromatic rings. The molecule has 0 unspecified atom stereocenters. The van der Waals surface area contributed by atoms with Crippen LogP contribution in [0.25, 0.3) is 11.7 Å². The van der Waals surface area contributed by atoms with Crippen molar-refractivity contribution in [1.29, 1.82) is 0 Å². The van der Waals surface area contributed by atoms with Crippen molar-refractivity contribution in [2.45, 2.75) is 13.1 Å². The molecule has 116 valence electrons. The second kappa shape index (κ2) is 5.27. The van der Waals surface area contributed by atoms with Crippen molar-refractivity contribution in [2.24, 2.45) is 0 Å². The summed E-state index contributed by atoms with van der Waals surface area (Å²) >= 11 is 0. The maximum atomic E-state index is 13.0. The number of benzene rings is 1. The molecule has 1 aliphatic rings. The molecule has 0 bridgehead atoms. The molecule has 9 heteroatoms. The summed E-state index contributed by atoms with van der Waals surface area (Å²) in [5, 5.41) is 11.7. The minimum absolute atomic E-state index is 0.168. The smallest absolute Gasteiger partial charge is 0.295 e. The van der Waals surface area contributed by atoms with E-state index < -0.39 is 0 Å². The van der Waals surface area contributed by atoms with E-state index in [1.807, 2.05) is 4.57 Å². The molecule has 0 atom stereocenters. The maximum absolute atomic E-state index is 13.0. The Morgan fingerprint density at radius 2 is 2.00 bits per heavy atom. The van der Waals surface area contributed by atoms with E-state index in [1.54, 1.807) is 4.90 Å². The molecule has 3 heterocycles. The van der Waals surface area contributed by atoms with E-state index in [0.29, 0.717) is 42.7 Å². The molecular formula is C14H11FN6O2. The quantitative estimate of drug-likeness (QED) is 0.704. The molecule has 0 aliphatic carbocycles. The molecular weight excluding hydrogens is 303 g/mol. The Morgan fingerprint density at radius 1 is 1.17 bits per heavy atom. The van der Waals surface area contributed by atoms with E-state index >= 15 is 0 Å². The summed E-state index contributed by atoms with van der Waals surface area (Å²) < 4.78 is 19.8. The van der Waals surface area contributed by atoms with Gasteiger partial charge in [-0.25, -0.2) is 4.39 Å². The molecule has 0 N–H and O–H groups in total. The van der Waals surface area contributed by atoms with Gasteiger partial charge < -0.3 is 14.0 Å². The van der Waals surface area contributed by atoms with Gasteiger partial charge in [-0.3, -0.25) is 4.79 Å². The summed E-state index contributed by atoms with van der Waals surface area (Å²) in [5.74, 6) is 0.885. The lowest BCUT2D eigenvalue weighted by atomic mass is 10.2. The number of fused-ring (bicyclic) bond motifs is 1. The van der Waals surface area contributed by atoms with Crippen LogP contribution in [0.3, 0.4) is 0 Å². The Hall–Kier alpha value is -3.10. The first-order chi connectivity index (χ1) is 11.2. The fourth-order valence-electron chi connectivity index (χ4n) is 2.54. The molecule has 0 fully saturated rings. The van der Waals surface area contributed by atoms with Crippen LogP contribution in [0.5, 0.6) is 0 Å². The molecule has 8 nitrogen and oxygen atoms in total. The van der Waals surface area contributed by atoms with Crippen LogP contribution in [0.15, 0.2) is 35.1 Å². The van der Waals surface area contributed by atoms with Crippen LogP contribution >= 0.6 is 0 Å². The summed E-state index contributed by atoms with van der Waals surface area (Å²) in [6.07, 6.45) is 1.30. The molecule has 23 heavy (non-hydrogen) atoms. The van der Waals surface area contributed by atoms with Gasteiger partial charge in [0.05, 0.1) is 6.54 Å². The van der Waals surface area contributed by atoms with Gasteiger partial charge in [0.1, 0.15) is 5.82 Å². The lowest BCUT2D eigenvalue weighted by Gasteiger charge is -2.27. The number of carbonyl (C=O) groups excluding carboxylic acids is 1. The highest BCUT2D eigenvalue weighted by Crippen LogP contribution is 2.20. The predicted molar refractivity (Wildman–Crippen MR) is 74.5 cm³/mol. The Bertz CT molecular complexity index is 843. The highest BCUT2D eigenvalue weighted by Gasteiger charge is 2.27. The first-order valence-corrected chi connectivity index (χ1v) is 6.96. The predicted octanol–water partition coefficient (Wildman–Crippen LogP) is 1.12. The van der Waals surface area contributed by atoms with Crippen LogP contribution in [0.4, 0.5) is 4.39 Å². The number of nitrogens with zero attached hydrogens (tertiary/aromatic N) is 6. The van der Waals surface area contributed by atoms with Crippen LogP contribution in [0, 0.1) is 5.82 Å². The first kappa shape index (κ1) is 13.6. The summed E-state index contributed by atoms with van der Waals surface area (Å²) in [7, 11) is 0. The average molecular weight is 314 g/mol. The van der Waals surface area contributed by atoms with E-state index in [1.165, 1.54) is 30.6 Å². The van der Waals surface area contributed by atoms with Crippen molar-refractivity contribution in [3.63, 3.8) is 0 Å². The molecule has 4 rings (SSSR count). The van der Waals surface area contributed by atoms with Crippen LogP contribution in [-0.2, 0) is 13.1 Å². The Balaban J connectivity index is 1.57. The summed E-state index contributed by atoms with van der Waals surface area (Å²) in [6, 6.07) is 5.49. The van der Waals surface area contributed by atoms with Gasteiger partial charge in [0.2, 0.25) is 5.82 Å². The van der Waals surface area contributed by atoms with Gasteiger partial charge in [0.15, 0.2) is 12.2 Å². The lowest BCUT2D eigenvalue weighted by Crippen LogP contribution is -2.38. The maximum Gasteiger partial charge on any atom is 0.295 e. The number of rotatable bonds is 2. The van der Waals surface area contributed by atoms with Crippen molar-refractivity contribution >= 4 is 5.91 Å². The van der Waals surface area contributed by atoms with Crippen molar-refractivity contribution in [3.05, 3.63) is 47.8 Å². The van der Waals surface area contributed by atoms with Crippen LogP contribution in [0.1, 0.15) is 16.2 Å². The topological polar surface area (TPSA) is 89.9 Å². The second-order valence-corrected chi connectivity index (χ2v) is 5.07. The van der Waals surface area contributed by atoms with Crippen molar-refractivity contribution in [1.82, 2.24) is 29.8 Å². The minimum atomic E-state index is -0.371. The Kier molecular flexibility index (Phi) is 3.11. The number of carbonyl (C=O) groups is 1. The van der Waals surface area contributed by atoms with Gasteiger partial charge in [-0.15, -0.1) is 10.2 Å². The minimum Gasteiger partial charge on any atom is -0.331 e. The molecule has 0 saturated heterocycles. The standard InChI is InChI=1S/C14H11FN6O2/c15-10-3-1-9(2-4-10)14(22)20-5-6-21-11(7-20)18-19-12(21)13-16-8-17-23-13/h1-4,8H,5-7H2. The molecule has 1 aliphatic heterocycles. The van der Waals surface area contributed by atoms with Gasteiger partial charge >= 0.3 is 0 Å². The third kappa shape index (κ3) is 2.35. The normalized spacial score (nSPS) is 13.9. The van der Waals surface area contributed by atoms with Gasteiger partial charge in [-0.05, 0) is 24.3 Å². The number of hydrogen-bond donors (Lipinski definition) is 0. The zero-order valence-electron chi connectivity index (χ0n) is 11.9. The number of hydrogen-bond acceptors (Lipinski definition) is 6. The Morgan fingerprint density at radius 3 is 2.74 bits per heavy atom.